The van der Waals surface area contributed by atoms with Crippen LogP contribution in [0.2, 0.25) is 0 Å². The Labute approximate surface area is 202 Å². The Balaban J connectivity index is 1.56. The van der Waals surface area contributed by atoms with Crippen LogP contribution in [0.5, 0.6) is 0 Å². The van der Waals surface area contributed by atoms with E-state index in [-0.39, 0.29) is 19.1 Å². The third kappa shape index (κ3) is 7.05. The minimum absolute atomic E-state index is 0.00608. The molecule has 0 saturated carbocycles. The summed E-state index contributed by atoms with van der Waals surface area (Å²) in [5.74, 6) is -0.755. The average Bonchev–Trinajstić information content (AvgIpc) is 3.16. The van der Waals surface area contributed by atoms with E-state index in [1.165, 1.54) is 6.92 Å². The zero-order valence-corrected chi connectivity index (χ0v) is 20.1. The largest absolute Gasteiger partial charge is 0.380 e. The lowest BCUT2D eigenvalue weighted by molar-refractivity contribution is -0.114. The van der Waals surface area contributed by atoms with Gasteiger partial charge in [-0.2, -0.15) is 0 Å². The molecule has 3 aromatic rings. The molecule has 13 heteroatoms. The van der Waals surface area contributed by atoms with Crippen molar-refractivity contribution in [2.45, 2.75) is 20.4 Å². The first kappa shape index (κ1) is 25.2. The predicted octanol–water partition coefficient (Wildman–Crippen LogP) is 2.72. The van der Waals surface area contributed by atoms with Gasteiger partial charge in [0.15, 0.2) is 5.13 Å². The van der Waals surface area contributed by atoms with Crippen LogP contribution in [-0.4, -0.2) is 43.7 Å². The molecule has 1 atom stereocenters. The smallest absolute Gasteiger partial charge is 0.276 e. The topological polar surface area (TPSA) is 146 Å². The second-order valence-corrected chi connectivity index (χ2v) is 8.84. The highest BCUT2D eigenvalue weighted by Gasteiger charge is 2.20. The van der Waals surface area contributed by atoms with Crippen LogP contribution in [-0.2, 0) is 27.4 Å². The van der Waals surface area contributed by atoms with E-state index >= 15 is 0 Å². The number of hydrogen-bond acceptors (Lipinski definition) is 8. The van der Waals surface area contributed by atoms with E-state index < -0.39 is 17.2 Å². The summed E-state index contributed by atoms with van der Waals surface area (Å²) < 4.78 is 22.7. The fraction of sp³-hybridized carbons (Fsp3) is 0.238. The van der Waals surface area contributed by atoms with Crippen molar-refractivity contribution in [3.05, 3.63) is 65.6 Å². The fourth-order valence-corrected chi connectivity index (χ4v) is 4.66. The molecule has 11 nitrogen and oxygen atoms in total. The van der Waals surface area contributed by atoms with Crippen LogP contribution in [0.4, 0.5) is 15.8 Å². The highest BCUT2D eigenvalue weighted by atomic mass is 32.2. The van der Waals surface area contributed by atoms with Crippen LogP contribution in [0.1, 0.15) is 28.5 Å². The van der Waals surface area contributed by atoms with Gasteiger partial charge in [0.1, 0.15) is 5.00 Å². The normalized spacial score (nSPS) is 11.5. The first-order chi connectivity index (χ1) is 16.3. The molecule has 2 amide bonds. The van der Waals surface area contributed by atoms with Crippen LogP contribution in [0.15, 0.2) is 48.8 Å². The molecule has 0 fully saturated rings. The number of nitrogens with zero attached hydrogens (tertiary/aromatic N) is 3. The Morgan fingerprint density at radius 1 is 1.21 bits per heavy atom. The number of aryl methyl sites for hydroxylation is 1. The molecular formula is C21H24N6O5S2. The summed E-state index contributed by atoms with van der Waals surface area (Å²) in [5.41, 5.74) is 4.87. The van der Waals surface area contributed by atoms with Gasteiger partial charge in [-0.1, -0.05) is 23.5 Å². The Bertz CT molecular complexity index is 1160. The Morgan fingerprint density at radius 2 is 1.94 bits per heavy atom. The quantitative estimate of drug-likeness (QED) is 0.177. The summed E-state index contributed by atoms with van der Waals surface area (Å²) >= 11 is -1.29. The second-order valence-electron chi connectivity index (χ2n) is 6.96. The van der Waals surface area contributed by atoms with Gasteiger partial charge in [0.2, 0.25) is 5.91 Å². The molecule has 0 aliphatic heterocycles. The van der Waals surface area contributed by atoms with E-state index in [9.17, 15) is 18.4 Å². The van der Waals surface area contributed by atoms with Crippen LogP contribution < -0.4 is 20.4 Å². The number of rotatable bonds is 11. The summed E-state index contributed by atoms with van der Waals surface area (Å²) in [4.78, 5) is 37.3. The summed E-state index contributed by atoms with van der Waals surface area (Å²) in [6.07, 6.45) is 3.39. The van der Waals surface area contributed by atoms with Crippen molar-refractivity contribution in [1.82, 2.24) is 15.4 Å². The van der Waals surface area contributed by atoms with Crippen molar-refractivity contribution in [2.75, 3.05) is 28.1 Å². The molecule has 3 rings (SSSR count). The fourth-order valence-electron chi connectivity index (χ4n) is 2.91. The summed E-state index contributed by atoms with van der Waals surface area (Å²) in [5, 5.41) is 6.49. The van der Waals surface area contributed by atoms with Gasteiger partial charge in [-0.15, -0.1) is 0 Å². The molecule has 34 heavy (non-hydrogen) atoms. The molecule has 0 aliphatic carbocycles. The van der Waals surface area contributed by atoms with E-state index in [0.29, 0.717) is 33.6 Å². The number of carbonyl (C=O) groups is 2. The van der Waals surface area contributed by atoms with Crippen molar-refractivity contribution < 1.29 is 23.2 Å². The van der Waals surface area contributed by atoms with E-state index in [1.807, 2.05) is 18.2 Å². The minimum Gasteiger partial charge on any atom is -0.380 e. The van der Waals surface area contributed by atoms with E-state index in [0.717, 1.165) is 21.2 Å². The maximum Gasteiger partial charge on any atom is 0.276 e. The lowest BCUT2D eigenvalue weighted by Gasteiger charge is -2.18. The first-order valence-corrected chi connectivity index (χ1v) is 12.0. The van der Waals surface area contributed by atoms with Crippen molar-refractivity contribution >= 4 is 50.2 Å². The SMILES string of the molecule is CC(=O)Nc1nc(C)c(N(CCONC(=O)c2ccccc2NCc2ccncc2)S(=O)O)s1. The summed E-state index contributed by atoms with van der Waals surface area (Å²) in [6, 6.07) is 10.7. The number of pyridine rings is 1. The van der Waals surface area contributed by atoms with Gasteiger partial charge in [0, 0.05) is 31.5 Å². The number of benzene rings is 1. The lowest BCUT2D eigenvalue weighted by Crippen LogP contribution is -2.33. The maximum atomic E-state index is 12.6. The molecule has 2 heterocycles. The van der Waals surface area contributed by atoms with E-state index in [4.69, 9.17) is 4.84 Å². The van der Waals surface area contributed by atoms with Crippen LogP contribution in [0, 0.1) is 6.92 Å². The molecule has 0 saturated heterocycles. The molecule has 180 valence electrons. The highest BCUT2D eigenvalue weighted by molar-refractivity contribution is 7.81. The molecule has 0 radical (unpaired) electrons. The first-order valence-electron chi connectivity index (χ1n) is 10.1. The number of carbonyl (C=O) groups excluding carboxylic acids is 2. The van der Waals surface area contributed by atoms with Crippen molar-refractivity contribution in [3.8, 4) is 0 Å². The van der Waals surface area contributed by atoms with Crippen molar-refractivity contribution in [2.24, 2.45) is 0 Å². The van der Waals surface area contributed by atoms with Gasteiger partial charge in [0.05, 0.1) is 24.4 Å². The zero-order valence-electron chi connectivity index (χ0n) is 18.5. The van der Waals surface area contributed by atoms with Gasteiger partial charge in [0.25, 0.3) is 17.2 Å². The van der Waals surface area contributed by atoms with Crippen LogP contribution in [0.3, 0.4) is 0 Å². The minimum atomic E-state index is -2.35. The highest BCUT2D eigenvalue weighted by Crippen LogP contribution is 2.32. The van der Waals surface area contributed by atoms with Crippen molar-refractivity contribution in [3.63, 3.8) is 0 Å². The standard InChI is InChI=1S/C21H24N6O5S2/c1-14-20(33-21(24-14)25-15(2)28)27(34(30)31)11-12-32-26-19(29)17-5-3-4-6-18(17)23-13-16-7-9-22-10-8-16/h3-10,23H,11-13H2,1-2H3,(H,26,29)(H,30,31)(H,24,25,28). The molecule has 1 unspecified atom stereocenters. The summed E-state index contributed by atoms with van der Waals surface area (Å²) in [6.45, 7) is 3.45. The van der Waals surface area contributed by atoms with Crippen molar-refractivity contribution in [1.29, 1.82) is 0 Å². The third-order valence-corrected chi connectivity index (χ3v) is 6.39. The number of amides is 2. The number of nitrogens with one attached hydrogen (secondary N) is 3. The number of hydrogen-bond donors (Lipinski definition) is 4. The van der Waals surface area contributed by atoms with Crippen LogP contribution >= 0.6 is 11.3 Å². The molecule has 1 aromatic carbocycles. The second kappa shape index (κ2) is 12.2. The van der Waals surface area contributed by atoms with E-state index in [1.54, 1.807) is 37.5 Å². The molecular weight excluding hydrogens is 480 g/mol. The number of para-hydroxylation sites is 1. The zero-order chi connectivity index (χ0) is 24.5. The third-order valence-electron chi connectivity index (χ3n) is 4.44. The Morgan fingerprint density at radius 3 is 2.65 bits per heavy atom. The average molecular weight is 505 g/mol. The predicted molar refractivity (Wildman–Crippen MR) is 131 cm³/mol. The molecule has 0 bridgehead atoms. The van der Waals surface area contributed by atoms with Crippen LogP contribution in [0.25, 0.3) is 0 Å². The van der Waals surface area contributed by atoms with Gasteiger partial charge in [-0.25, -0.2) is 14.7 Å². The lowest BCUT2D eigenvalue weighted by atomic mass is 10.1. The summed E-state index contributed by atoms with van der Waals surface area (Å²) in [7, 11) is 0. The molecule has 2 aromatic heterocycles. The van der Waals surface area contributed by atoms with Gasteiger partial charge < -0.3 is 10.6 Å². The number of anilines is 3. The monoisotopic (exact) mass is 504 g/mol. The molecule has 0 aliphatic rings. The van der Waals surface area contributed by atoms with Gasteiger partial charge in [-0.05, 0) is 36.8 Å². The molecule has 4 N–H and O–H groups in total. The maximum absolute atomic E-state index is 12.6. The molecule has 0 spiro atoms. The Hall–Kier alpha value is -3.39. The van der Waals surface area contributed by atoms with Gasteiger partial charge in [-0.3, -0.25) is 28.3 Å². The van der Waals surface area contributed by atoms with E-state index in [2.05, 4.69) is 26.1 Å². The van der Waals surface area contributed by atoms with Gasteiger partial charge >= 0.3 is 0 Å². The number of aromatic nitrogens is 2. The Kier molecular flexibility index (Phi) is 9.04. The number of hydroxylamine groups is 1. The number of thiazole rings is 1.